The number of nitrogens with one attached hydrogen (secondary N) is 1. The summed E-state index contributed by atoms with van der Waals surface area (Å²) in [4.78, 5) is 0. The molecule has 0 saturated heterocycles. The van der Waals surface area contributed by atoms with E-state index in [9.17, 15) is 8.42 Å². The predicted octanol–water partition coefficient (Wildman–Crippen LogP) is 2.75. The van der Waals surface area contributed by atoms with Gasteiger partial charge in [-0.05, 0) is 32.1 Å². The molecule has 0 radical (unpaired) electrons. The van der Waals surface area contributed by atoms with Crippen LogP contribution in [0.2, 0.25) is 0 Å². The summed E-state index contributed by atoms with van der Waals surface area (Å²) in [6.07, 6.45) is 2.10. The Hall–Kier alpha value is 0.200. The second-order valence-electron chi connectivity index (χ2n) is 4.96. The van der Waals surface area contributed by atoms with E-state index in [0.717, 1.165) is 6.42 Å². The molecule has 0 aliphatic rings. The molecule has 1 unspecified atom stereocenters. The summed E-state index contributed by atoms with van der Waals surface area (Å²) < 4.78 is 26.4. The first-order valence-corrected chi connectivity index (χ1v) is 8.01. The van der Waals surface area contributed by atoms with Gasteiger partial charge in [0.2, 0.25) is 10.0 Å². The molecule has 3 nitrogen and oxygen atoms in total. The lowest BCUT2D eigenvalue weighted by Gasteiger charge is -2.28. The maximum absolute atomic E-state index is 11.8. The van der Waals surface area contributed by atoms with E-state index in [4.69, 9.17) is 11.6 Å². The Morgan fingerprint density at radius 2 is 1.94 bits per heavy atom. The highest BCUT2D eigenvalue weighted by atomic mass is 35.5. The van der Waals surface area contributed by atoms with Crippen molar-refractivity contribution in [2.45, 2.75) is 52.5 Å². The number of alkyl halides is 1. The molecule has 1 atom stereocenters. The molecule has 98 valence electrons. The minimum absolute atomic E-state index is 0.197. The molecule has 16 heavy (non-hydrogen) atoms. The fourth-order valence-corrected chi connectivity index (χ4v) is 3.62. The van der Waals surface area contributed by atoms with E-state index in [2.05, 4.69) is 4.72 Å². The van der Waals surface area contributed by atoms with Crippen LogP contribution >= 0.6 is 11.6 Å². The van der Waals surface area contributed by atoms with Crippen molar-refractivity contribution in [3.8, 4) is 0 Å². The highest BCUT2D eigenvalue weighted by Crippen LogP contribution is 2.17. The molecule has 0 heterocycles. The molecule has 0 amide bonds. The molecule has 0 aliphatic heterocycles. The maximum Gasteiger partial charge on any atom is 0.212 e. The van der Waals surface area contributed by atoms with E-state index in [0.29, 0.717) is 24.6 Å². The largest absolute Gasteiger partial charge is 0.212 e. The van der Waals surface area contributed by atoms with Gasteiger partial charge >= 0.3 is 0 Å². The zero-order valence-corrected chi connectivity index (χ0v) is 12.3. The second-order valence-corrected chi connectivity index (χ2v) is 7.18. The Kier molecular flexibility index (Phi) is 6.90. The topological polar surface area (TPSA) is 46.2 Å². The molecular formula is C11H24ClNO2S. The fraction of sp³-hybridized carbons (Fsp3) is 1.00. The van der Waals surface area contributed by atoms with Gasteiger partial charge in [0, 0.05) is 11.4 Å². The molecule has 0 aromatic heterocycles. The minimum Gasteiger partial charge on any atom is -0.212 e. The Morgan fingerprint density at radius 1 is 1.38 bits per heavy atom. The van der Waals surface area contributed by atoms with E-state index in [1.165, 1.54) is 0 Å². The second kappa shape index (κ2) is 6.82. The third-order valence-corrected chi connectivity index (χ3v) is 4.56. The average Bonchev–Trinajstić information content (AvgIpc) is 2.15. The van der Waals surface area contributed by atoms with E-state index in [1.54, 1.807) is 0 Å². The average molecular weight is 270 g/mol. The van der Waals surface area contributed by atoms with E-state index < -0.39 is 15.6 Å². The molecule has 0 bridgehead atoms. The van der Waals surface area contributed by atoms with Crippen LogP contribution < -0.4 is 4.72 Å². The summed E-state index contributed by atoms with van der Waals surface area (Å²) >= 11 is 5.69. The SMILES string of the molecule is CCC(C)(CCCl)NS(=O)(=O)CCC(C)C. The summed E-state index contributed by atoms with van der Waals surface area (Å²) in [5, 5.41) is 0. The van der Waals surface area contributed by atoms with Crippen LogP contribution in [-0.4, -0.2) is 25.6 Å². The quantitative estimate of drug-likeness (QED) is 0.689. The van der Waals surface area contributed by atoms with Gasteiger partial charge in [0.15, 0.2) is 0 Å². The lowest BCUT2D eigenvalue weighted by atomic mass is 9.97. The maximum atomic E-state index is 11.8. The highest BCUT2D eigenvalue weighted by molar-refractivity contribution is 7.89. The first-order chi connectivity index (χ1) is 7.24. The van der Waals surface area contributed by atoms with E-state index in [1.807, 2.05) is 27.7 Å². The number of hydrogen-bond acceptors (Lipinski definition) is 2. The Labute approximate surface area is 105 Å². The zero-order chi connectivity index (χ0) is 12.8. The first kappa shape index (κ1) is 16.2. The monoisotopic (exact) mass is 269 g/mol. The molecule has 1 N–H and O–H groups in total. The predicted molar refractivity (Wildman–Crippen MR) is 70.4 cm³/mol. The van der Waals surface area contributed by atoms with Gasteiger partial charge in [-0.15, -0.1) is 11.6 Å². The van der Waals surface area contributed by atoms with E-state index >= 15 is 0 Å². The smallest absolute Gasteiger partial charge is 0.212 e. The third-order valence-electron chi connectivity index (χ3n) is 2.79. The van der Waals surface area contributed by atoms with Crippen molar-refractivity contribution in [1.29, 1.82) is 0 Å². The van der Waals surface area contributed by atoms with Gasteiger partial charge in [-0.2, -0.15) is 0 Å². The van der Waals surface area contributed by atoms with Crippen LogP contribution in [0.1, 0.15) is 47.0 Å². The minimum atomic E-state index is -3.18. The van der Waals surface area contributed by atoms with Crippen LogP contribution in [0.15, 0.2) is 0 Å². The summed E-state index contributed by atoms with van der Waals surface area (Å²) in [5.41, 5.74) is -0.405. The molecule has 0 spiro atoms. The molecule has 5 heteroatoms. The summed E-state index contributed by atoms with van der Waals surface area (Å²) in [6.45, 7) is 7.92. The summed E-state index contributed by atoms with van der Waals surface area (Å²) in [7, 11) is -3.18. The van der Waals surface area contributed by atoms with Crippen molar-refractivity contribution in [3.63, 3.8) is 0 Å². The zero-order valence-electron chi connectivity index (χ0n) is 10.7. The Morgan fingerprint density at radius 3 is 2.31 bits per heavy atom. The van der Waals surface area contributed by atoms with Crippen LogP contribution in [0.5, 0.6) is 0 Å². The first-order valence-electron chi connectivity index (χ1n) is 5.82. The van der Waals surface area contributed by atoms with Crippen LogP contribution in [-0.2, 0) is 10.0 Å². The fourth-order valence-electron chi connectivity index (χ4n) is 1.33. The van der Waals surface area contributed by atoms with Gasteiger partial charge in [-0.25, -0.2) is 13.1 Å². The molecule has 0 aliphatic carbocycles. The summed E-state index contributed by atoms with van der Waals surface area (Å²) in [6, 6.07) is 0. The van der Waals surface area contributed by atoms with Crippen molar-refractivity contribution >= 4 is 21.6 Å². The van der Waals surface area contributed by atoms with Gasteiger partial charge < -0.3 is 0 Å². The van der Waals surface area contributed by atoms with Crippen molar-refractivity contribution in [3.05, 3.63) is 0 Å². The highest BCUT2D eigenvalue weighted by Gasteiger charge is 2.27. The molecule has 0 rings (SSSR count). The van der Waals surface area contributed by atoms with Crippen LogP contribution in [0.4, 0.5) is 0 Å². The molecule has 0 aromatic carbocycles. The lowest BCUT2D eigenvalue weighted by molar-refractivity contribution is 0.389. The number of sulfonamides is 1. The molecule has 0 aromatic rings. The van der Waals surface area contributed by atoms with Crippen LogP contribution in [0, 0.1) is 5.92 Å². The summed E-state index contributed by atoms with van der Waals surface area (Å²) in [5.74, 6) is 1.07. The van der Waals surface area contributed by atoms with Crippen molar-refractivity contribution in [2.24, 2.45) is 5.92 Å². The number of halogens is 1. The van der Waals surface area contributed by atoms with Gasteiger partial charge in [-0.1, -0.05) is 20.8 Å². The van der Waals surface area contributed by atoms with Gasteiger partial charge in [0.1, 0.15) is 0 Å². The molecule has 0 saturated carbocycles. The van der Waals surface area contributed by atoms with Gasteiger partial charge in [0.05, 0.1) is 5.75 Å². The van der Waals surface area contributed by atoms with Crippen LogP contribution in [0.3, 0.4) is 0 Å². The van der Waals surface area contributed by atoms with E-state index in [-0.39, 0.29) is 5.75 Å². The molecular weight excluding hydrogens is 246 g/mol. The van der Waals surface area contributed by atoms with Crippen LogP contribution in [0.25, 0.3) is 0 Å². The molecule has 0 fully saturated rings. The van der Waals surface area contributed by atoms with Gasteiger partial charge in [-0.3, -0.25) is 0 Å². The third kappa shape index (κ3) is 6.71. The Bertz CT molecular complexity index is 290. The normalized spacial score (nSPS) is 16.4. The number of hydrogen-bond donors (Lipinski definition) is 1. The Balaban J connectivity index is 4.43. The lowest BCUT2D eigenvalue weighted by Crippen LogP contribution is -2.46. The van der Waals surface area contributed by atoms with Gasteiger partial charge in [0.25, 0.3) is 0 Å². The van der Waals surface area contributed by atoms with Crippen molar-refractivity contribution in [1.82, 2.24) is 4.72 Å². The van der Waals surface area contributed by atoms with Crippen molar-refractivity contribution in [2.75, 3.05) is 11.6 Å². The number of rotatable bonds is 8. The standard InChI is InChI=1S/C11H24ClNO2S/c1-5-11(4,7-8-12)13-16(14,15)9-6-10(2)3/h10,13H,5-9H2,1-4H3. The van der Waals surface area contributed by atoms with Crippen molar-refractivity contribution < 1.29 is 8.42 Å².